The van der Waals surface area contributed by atoms with E-state index in [4.69, 9.17) is 4.74 Å². The molecule has 4 aromatic rings. The summed E-state index contributed by atoms with van der Waals surface area (Å²) in [5.41, 5.74) is 6.01. The normalized spacial score (nSPS) is 18.4. The van der Waals surface area contributed by atoms with Crippen LogP contribution >= 0.6 is 0 Å². The van der Waals surface area contributed by atoms with Gasteiger partial charge in [0.25, 0.3) is 11.8 Å². The number of hydrogen-bond donors (Lipinski definition) is 4. The van der Waals surface area contributed by atoms with Crippen LogP contribution in [0.1, 0.15) is 51.7 Å². The number of rotatable bonds is 10. The fraction of sp³-hybridized carbons (Fsp3) is 0.324. The van der Waals surface area contributed by atoms with Crippen LogP contribution in [0.25, 0.3) is 0 Å². The number of nitrogens with zero attached hydrogens (tertiary/aromatic N) is 4. The van der Waals surface area contributed by atoms with Crippen LogP contribution < -0.4 is 20.9 Å². The van der Waals surface area contributed by atoms with E-state index in [1.54, 1.807) is 4.90 Å². The van der Waals surface area contributed by atoms with Crippen molar-refractivity contribution in [1.29, 1.82) is 0 Å². The molecule has 0 aliphatic carbocycles. The lowest BCUT2D eigenvalue weighted by molar-refractivity contribution is -0.143. The average molecular weight is 677 g/mol. The van der Waals surface area contributed by atoms with Crippen LogP contribution in [0.2, 0.25) is 0 Å². The molecule has 2 saturated heterocycles. The summed E-state index contributed by atoms with van der Waals surface area (Å²) in [6, 6.07) is 24.7. The number of H-pyrrole nitrogens is 1. The number of imide groups is 1. The zero-order valence-corrected chi connectivity index (χ0v) is 27.9. The van der Waals surface area contributed by atoms with Crippen LogP contribution in [0.3, 0.4) is 0 Å². The number of ether oxygens (including phenoxy) is 1. The first-order valence-electron chi connectivity index (χ1n) is 16.8. The number of piperidine rings is 1. The monoisotopic (exact) mass is 676 g/mol. The number of amides is 4. The van der Waals surface area contributed by atoms with Gasteiger partial charge in [0.2, 0.25) is 11.8 Å². The van der Waals surface area contributed by atoms with E-state index < -0.39 is 12.1 Å². The van der Waals surface area contributed by atoms with E-state index in [1.165, 1.54) is 12.7 Å². The second kappa shape index (κ2) is 14.5. The van der Waals surface area contributed by atoms with Crippen molar-refractivity contribution in [3.8, 4) is 0 Å². The zero-order valence-electron chi connectivity index (χ0n) is 27.9. The molecular weight excluding hydrogens is 636 g/mol. The van der Waals surface area contributed by atoms with Crippen molar-refractivity contribution in [2.24, 2.45) is 0 Å². The van der Waals surface area contributed by atoms with Gasteiger partial charge >= 0.3 is 0 Å². The minimum Gasteiger partial charge on any atom is -0.374 e. The summed E-state index contributed by atoms with van der Waals surface area (Å²) in [7, 11) is 1.53. The van der Waals surface area contributed by atoms with Gasteiger partial charge in [-0.3, -0.25) is 34.5 Å². The molecule has 2 fully saturated rings. The molecule has 0 radical (unpaired) electrons. The molecule has 4 heterocycles. The van der Waals surface area contributed by atoms with Crippen molar-refractivity contribution >= 4 is 40.8 Å². The van der Waals surface area contributed by atoms with Crippen LogP contribution in [0.15, 0.2) is 78.9 Å². The molecular formula is C37H40N8O5. The molecule has 0 saturated carbocycles. The van der Waals surface area contributed by atoms with Crippen molar-refractivity contribution in [2.45, 2.75) is 44.6 Å². The second-order valence-corrected chi connectivity index (χ2v) is 12.9. The number of benzene rings is 3. The summed E-state index contributed by atoms with van der Waals surface area (Å²) in [4.78, 5) is 56.4. The number of anilines is 3. The lowest BCUT2D eigenvalue weighted by Gasteiger charge is -2.36. The first-order chi connectivity index (χ1) is 24.3. The molecule has 7 rings (SSSR count). The Kier molecular flexibility index (Phi) is 9.58. The Bertz CT molecular complexity index is 1850. The minimum absolute atomic E-state index is 0.146. The third-order valence-corrected chi connectivity index (χ3v) is 9.56. The van der Waals surface area contributed by atoms with Gasteiger partial charge in [0.05, 0.1) is 18.8 Å². The number of piperazine rings is 1. The van der Waals surface area contributed by atoms with E-state index in [0.717, 1.165) is 60.9 Å². The summed E-state index contributed by atoms with van der Waals surface area (Å²) < 4.78 is 5.54. The van der Waals surface area contributed by atoms with Gasteiger partial charge in [0.15, 0.2) is 11.9 Å². The van der Waals surface area contributed by atoms with Crippen molar-refractivity contribution in [2.75, 3.05) is 48.8 Å². The van der Waals surface area contributed by atoms with Gasteiger partial charge in [0, 0.05) is 68.8 Å². The number of aromatic nitrogens is 2. The van der Waals surface area contributed by atoms with Crippen LogP contribution in [-0.2, 0) is 38.8 Å². The highest BCUT2D eigenvalue weighted by atomic mass is 16.5. The predicted octanol–water partition coefficient (Wildman–Crippen LogP) is 3.43. The summed E-state index contributed by atoms with van der Waals surface area (Å²) in [5.74, 6) is -0.483. The summed E-state index contributed by atoms with van der Waals surface area (Å²) in [6.45, 7) is 5.05. The standard InChI is InChI=1S/C37H40N8O5/c1-50-33(25-5-3-2-4-6-25)37(49)45-22-29-31(23-45)41-42-34(29)40-35(47)26-9-13-28(14-10-26)44-19-17-43(18-20-44)21-24-7-11-27(12-8-24)38-30-15-16-32(46)39-36(30)48/h2-14,30,33,38H,15-23H2,1H3,(H,39,46,48)(H2,40,41,42,47)/t30?,33-/m1/s1. The van der Waals surface area contributed by atoms with Crippen LogP contribution in [0.4, 0.5) is 17.2 Å². The summed E-state index contributed by atoms with van der Waals surface area (Å²) in [6.07, 6.45) is 0.134. The summed E-state index contributed by atoms with van der Waals surface area (Å²) >= 11 is 0. The Morgan fingerprint density at radius 2 is 1.68 bits per heavy atom. The van der Waals surface area contributed by atoms with Gasteiger partial charge in [-0.2, -0.15) is 5.10 Å². The van der Waals surface area contributed by atoms with Gasteiger partial charge in [-0.1, -0.05) is 42.5 Å². The van der Waals surface area contributed by atoms with E-state index in [9.17, 15) is 19.2 Å². The SMILES string of the molecule is CO[C@@H](C(=O)N1Cc2[nH]nc(NC(=O)c3ccc(N4CCN(Cc5ccc(NC6CCC(=O)NC6=O)cc5)CC4)cc3)c2C1)c1ccccc1. The van der Waals surface area contributed by atoms with Crippen molar-refractivity contribution in [1.82, 2.24) is 25.3 Å². The fourth-order valence-corrected chi connectivity index (χ4v) is 6.74. The molecule has 0 spiro atoms. The van der Waals surface area contributed by atoms with Gasteiger partial charge < -0.3 is 25.2 Å². The number of aromatic amines is 1. The lowest BCUT2D eigenvalue weighted by Crippen LogP contribution is -2.47. The maximum atomic E-state index is 13.3. The molecule has 1 unspecified atom stereocenters. The van der Waals surface area contributed by atoms with E-state index in [-0.39, 0.29) is 23.6 Å². The van der Waals surface area contributed by atoms with Crippen molar-refractivity contribution < 1.29 is 23.9 Å². The molecule has 2 atom stereocenters. The highest BCUT2D eigenvalue weighted by molar-refractivity contribution is 6.04. The number of nitrogens with one attached hydrogen (secondary N) is 4. The largest absolute Gasteiger partial charge is 0.374 e. The maximum Gasteiger partial charge on any atom is 0.256 e. The molecule has 3 aromatic carbocycles. The van der Waals surface area contributed by atoms with Gasteiger partial charge in [-0.25, -0.2) is 0 Å². The Balaban J connectivity index is 0.881. The van der Waals surface area contributed by atoms with Gasteiger partial charge in [0.1, 0.15) is 6.04 Å². The molecule has 258 valence electrons. The Hall–Kier alpha value is -5.53. The first-order valence-corrected chi connectivity index (χ1v) is 16.8. The minimum atomic E-state index is -0.706. The van der Waals surface area contributed by atoms with Crippen LogP contribution in [-0.4, -0.2) is 83.0 Å². The molecule has 3 aliphatic rings. The number of carbonyl (C=O) groups excluding carboxylic acids is 4. The van der Waals surface area contributed by atoms with Crippen LogP contribution in [0, 0.1) is 0 Å². The number of fused-ring (bicyclic) bond motifs is 1. The average Bonchev–Trinajstić information content (AvgIpc) is 3.73. The molecule has 0 bridgehead atoms. The maximum absolute atomic E-state index is 13.3. The number of hydrogen-bond acceptors (Lipinski definition) is 9. The first kappa shape index (κ1) is 33.0. The topological polar surface area (TPSA) is 152 Å². The predicted molar refractivity (Wildman–Crippen MR) is 187 cm³/mol. The Morgan fingerprint density at radius 1 is 0.940 bits per heavy atom. The lowest BCUT2D eigenvalue weighted by atomic mass is 10.1. The van der Waals surface area contributed by atoms with Crippen LogP contribution in [0.5, 0.6) is 0 Å². The smallest absolute Gasteiger partial charge is 0.256 e. The highest BCUT2D eigenvalue weighted by Crippen LogP contribution is 2.31. The third kappa shape index (κ3) is 7.24. The number of carbonyl (C=O) groups is 4. The van der Waals surface area contributed by atoms with E-state index >= 15 is 0 Å². The Morgan fingerprint density at radius 3 is 2.38 bits per heavy atom. The third-order valence-electron chi connectivity index (χ3n) is 9.56. The van der Waals surface area contributed by atoms with Gasteiger partial charge in [-0.05, 0) is 53.9 Å². The second-order valence-electron chi connectivity index (χ2n) is 12.9. The van der Waals surface area contributed by atoms with Crippen molar-refractivity contribution in [3.63, 3.8) is 0 Å². The highest BCUT2D eigenvalue weighted by Gasteiger charge is 2.33. The Labute approximate surface area is 290 Å². The molecule has 13 nitrogen and oxygen atoms in total. The summed E-state index contributed by atoms with van der Waals surface area (Å²) in [5, 5.41) is 15.8. The van der Waals surface area contributed by atoms with Crippen molar-refractivity contribution in [3.05, 3.63) is 107 Å². The number of methoxy groups -OCH3 is 1. The van der Waals surface area contributed by atoms with Gasteiger partial charge in [-0.15, -0.1) is 0 Å². The quantitative estimate of drug-likeness (QED) is 0.185. The van der Waals surface area contributed by atoms with E-state index in [0.29, 0.717) is 37.3 Å². The van der Waals surface area contributed by atoms with E-state index in [2.05, 4.69) is 48.1 Å². The van der Waals surface area contributed by atoms with E-state index in [1.807, 2.05) is 66.7 Å². The molecule has 4 amide bonds. The molecule has 13 heteroatoms. The molecule has 1 aromatic heterocycles. The fourth-order valence-electron chi connectivity index (χ4n) is 6.74. The molecule has 50 heavy (non-hydrogen) atoms. The zero-order chi connectivity index (χ0) is 34.6. The molecule has 4 N–H and O–H groups in total. The molecule has 3 aliphatic heterocycles.